The summed E-state index contributed by atoms with van der Waals surface area (Å²) < 4.78 is 60.2. The van der Waals surface area contributed by atoms with Crippen molar-refractivity contribution >= 4 is 15.9 Å². The highest BCUT2D eigenvalue weighted by molar-refractivity contribution is 7.90. The number of alkyl halides is 3. The molecule has 0 bridgehead atoms. The van der Waals surface area contributed by atoms with Gasteiger partial charge in [0.2, 0.25) is 5.91 Å². The molecule has 2 unspecified atom stereocenters. The predicted octanol–water partition coefficient (Wildman–Crippen LogP) is 1.39. The van der Waals surface area contributed by atoms with Crippen LogP contribution in [0.3, 0.4) is 0 Å². The molecular weight excluding hydrogens is 283 g/mol. The van der Waals surface area contributed by atoms with E-state index in [1.807, 2.05) is 0 Å². The first kappa shape index (κ1) is 12.0. The first-order valence-electron chi connectivity index (χ1n) is 6.29. The van der Waals surface area contributed by atoms with Crippen LogP contribution in [0, 0.1) is 28.6 Å². The van der Waals surface area contributed by atoms with Crippen LogP contribution < -0.4 is 4.72 Å². The van der Waals surface area contributed by atoms with Gasteiger partial charge in [-0.1, -0.05) is 0 Å². The molecular formula is C11H12F3NO3S. The number of hydrogen-bond donors (Lipinski definition) is 1. The Bertz CT molecular complexity index is 571. The van der Waals surface area contributed by atoms with Crippen molar-refractivity contribution in [3.05, 3.63) is 0 Å². The molecule has 0 heterocycles. The highest BCUT2D eigenvalue weighted by atomic mass is 32.2. The summed E-state index contributed by atoms with van der Waals surface area (Å²) in [6, 6.07) is 0. The molecule has 0 aromatic heterocycles. The standard InChI is InChI=1S/C11H12F3NO3S/c12-11(13,14)19(17,18)15-8(16)9-3-6-1-5-2-7(4-9)10(5,6)9/h5-7H,1-4H2,(H,15,16). The maximum absolute atomic E-state index is 12.3. The van der Waals surface area contributed by atoms with Crippen LogP contribution in [0.25, 0.3) is 0 Å². The van der Waals surface area contributed by atoms with Gasteiger partial charge in [-0.05, 0) is 48.9 Å². The molecule has 0 aromatic carbocycles. The zero-order chi connectivity index (χ0) is 13.8. The van der Waals surface area contributed by atoms with Crippen LogP contribution in [0.4, 0.5) is 13.2 Å². The molecule has 1 amide bonds. The number of hydrogen-bond acceptors (Lipinski definition) is 3. The SMILES string of the molecule is O=C(NS(=O)(=O)C(F)(F)F)C12CC3CC4CC(C1)C432. The molecule has 106 valence electrons. The number of carbonyl (C=O) groups excluding carboxylic acids is 1. The summed E-state index contributed by atoms with van der Waals surface area (Å²) in [4.78, 5) is 12.0. The Morgan fingerprint density at radius 3 is 2.00 bits per heavy atom. The molecule has 4 saturated carbocycles. The summed E-state index contributed by atoms with van der Waals surface area (Å²) in [6.45, 7) is 0. The average molecular weight is 295 g/mol. The fourth-order valence-corrected chi connectivity index (χ4v) is 6.15. The van der Waals surface area contributed by atoms with Crippen LogP contribution in [-0.4, -0.2) is 19.8 Å². The molecule has 1 spiro atoms. The zero-order valence-electron chi connectivity index (χ0n) is 9.83. The van der Waals surface area contributed by atoms with Crippen LogP contribution in [-0.2, 0) is 14.8 Å². The van der Waals surface area contributed by atoms with Gasteiger partial charge in [-0.25, -0.2) is 4.72 Å². The van der Waals surface area contributed by atoms with E-state index in [1.54, 1.807) is 0 Å². The molecule has 4 nitrogen and oxygen atoms in total. The fourth-order valence-electron chi connectivity index (χ4n) is 5.59. The van der Waals surface area contributed by atoms with Crippen LogP contribution in [0.5, 0.6) is 0 Å². The van der Waals surface area contributed by atoms with Gasteiger partial charge < -0.3 is 0 Å². The quantitative estimate of drug-likeness (QED) is 0.837. The van der Waals surface area contributed by atoms with E-state index in [4.69, 9.17) is 0 Å². The number of carbonyl (C=O) groups is 1. The summed E-state index contributed by atoms with van der Waals surface area (Å²) >= 11 is 0. The Morgan fingerprint density at radius 2 is 1.63 bits per heavy atom. The highest BCUT2D eigenvalue weighted by Crippen LogP contribution is 2.92. The van der Waals surface area contributed by atoms with Gasteiger partial charge >= 0.3 is 15.5 Å². The summed E-state index contributed by atoms with van der Waals surface area (Å²) in [6.07, 6.45) is 3.22. The van der Waals surface area contributed by atoms with Crippen LogP contribution >= 0.6 is 0 Å². The minimum atomic E-state index is -5.57. The first-order chi connectivity index (χ1) is 8.65. The van der Waals surface area contributed by atoms with Crippen LogP contribution in [0.2, 0.25) is 0 Å². The van der Waals surface area contributed by atoms with Crippen molar-refractivity contribution in [3.63, 3.8) is 0 Å². The summed E-state index contributed by atoms with van der Waals surface area (Å²) in [5.41, 5.74) is -6.37. The van der Waals surface area contributed by atoms with E-state index in [0.717, 1.165) is 12.8 Å². The van der Waals surface area contributed by atoms with Crippen molar-refractivity contribution in [3.8, 4) is 0 Å². The third-order valence-corrected chi connectivity index (χ3v) is 7.21. The Hall–Kier alpha value is -0.790. The summed E-state index contributed by atoms with van der Waals surface area (Å²) in [5, 5.41) is 0. The molecule has 4 aliphatic rings. The number of amides is 1. The minimum absolute atomic E-state index is 0.127. The Morgan fingerprint density at radius 1 is 1.11 bits per heavy atom. The lowest BCUT2D eigenvalue weighted by atomic mass is 9.13. The second-order valence-electron chi connectivity index (χ2n) is 6.37. The van der Waals surface area contributed by atoms with Crippen molar-refractivity contribution in [1.82, 2.24) is 4.72 Å². The Labute approximate surface area is 107 Å². The maximum Gasteiger partial charge on any atom is 0.516 e. The van der Waals surface area contributed by atoms with E-state index in [1.165, 1.54) is 4.72 Å². The lowest BCUT2D eigenvalue weighted by Gasteiger charge is -2.90. The van der Waals surface area contributed by atoms with E-state index >= 15 is 0 Å². The second kappa shape index (κ2) is 2.80. The van der Waals surface area contributed by atoms with Gasteiger partial charge in [-0.15, -0.1) is 0 Å². The van der Waals surface area contributed by atoms with Gasteiger partial charge in [0.05, 0.1) is 5.41 Å². The van der Waals surface area contributed by atoms with Gasteiger partial charge in [0.25, 0.3) is 0 Å². The van der Waals surface area contributed by atoms with Crippen molar-refractivity contribution in [1.29, 1.82) is 0 Å². The topological polar surface area (TPSA) is 63.2 Å². The van der Waals surface area contributed by atoms with Crippen molar-refractivity contribution < 1.29 is 26.4 Å². The van der Waals surface area contributed by atoms with Crippen LogP contribution in [0.15, 0.2) is 0 Å². The van der Waals surface area contributed by atoms with Gasteiger partial charge in [0.15, 0.2) is 0 Å². The number of rotatable bonds is 2. The van der Waals surface area contributed by atoms with Crippen LogP contribution in [0.1, 0.15) is 25.7 Å². The molecule has 0 aromatic rings. The number of sulfonamides is 1. The lowest BCUT2D eigenvalue weighted by Crippen LogP contribution is -2.88. The molecule has 2 atom stereocenters. The molecule has 0 saturated heterocycles. The molecule has 4 aliphatic carbocycles. The summed E-state index contributed by atoms with van der Waals surface area (Å²) in [5.74, 6) is 0.375. The third-order valence-electron chi connectivity index (χ3n) is 6.15. The molecule has 8 heteroatoms. The first-order valence-corrected chi connectivity index (χ1v) is 7.77. The van der Waals surface area contributed by atoms with E-state index in [0.29, 0.717) is 30.6 Å². The average Bonchev–Trinajstić information content (AvgIpc) is 2.09. The molecule has 19 heavy (non-hydrogen) atoms. The van der Waals surface area contributed by atoms with Gasteiger partial charge in [-0.2, -0.15) is 21.6 Å². The third kappa shape index (κ3) is 0.966. The monoisotopic (exact) mass is 295 g/mol. The molecule has 4 rings (SSSR count). The predicted molar refractivity (Wildman–Crippen MR) is 56.9 cm³/mol. The molecule has 0 aliphatic heterocycles. The largest absolute Gasteiger partial charge is 0.516 e. The van der Waals surface area contributed by atoms with E-state index < -0.39 is 26.9 Å². The fraction of sp³-hybridized carbons (Fsp3) is 0.909. The smallest absolute Gasteiger partial charge is 0.273 e. The maximum atomic E-state index is 12.3. The van der Waals surface area contributed by atoms with Gasteiger partial charge in [0, 0.05) is 0 Å². The van der Waals surface area contributed by atoms with Gasteiger partial charge in [0.1, 0.15) is 0 Å². The van der Waals surface area contributed by atoms with Crippen molar-refractivity contribution in [2.75, 3.05) is 0 Å². The minimum Gasteiger partial charge on any atom is -0.273 e. The molecule has 4 fully saturated rings. The summed E-state index contributed by atoms with van der Waals surface area (Å²) in [7, 11) is -5.57. The highest BCUT2D eigenvalue weighted by Gasteiger charge is 2.90. The molecule has 0 radical (unpaired) electrons. The van der Waals surface area contributed by atoms with E-state index in [-0.39, 0.29) is 5.41 Å². The zero-order valence-corrected chi connectivity index (χ0v) is 10.6. The van der Waals surface area contributed by atoms with E-state index in [2.05, 4.69) is 0 Å². The Kier molecular flexibility index (Phi) is 1.76. The van der Waals surface area contributed by atoms with E-state index in [9.17, 15) is 26.4 Å². The van der Waals surface area contributed by atoms with Crippen molar-refractivity contribution in [2.45, 2.75) is 31.2 Å². The van der Waals surface area contributed by atoms with Crippen molar-refractivity contribution in [2.24, 2.45) is 28.6 Å². The molecule has 1 N–H and O–H groups in total. The normalized spacial score (nSPS) is 49.5. The number of halogens is 3. The second-order valence-corrected chi connectivity index (χ2v) is 8.04. The number of nitrogens with one attached hydrogen (secondary N) is 1. The van der Waals surface area contributed by atoms with Gasteiger partial charge in [-0.3, -0.25) is 4.79 Å². The lowest BCUT2D eigenvalue weighted by molar-refractivity contribution is -0.413. The Balaban J connectivity index is 1.58.